The Hall–Kier alpha value is -3.15. The number of carbonyl (C=O) groups excluding carboxylic acids is 3. The first-order chi connectivity index (χ1) is 13.6. The molecule has 1 saturated heterocycles. The largest absolute Gasteiger partial charge is 0.452 e. The van der Waals surface area contributed by atoms with Crippen molar-refractivity contribution in [2.24, 2.45) is 0 Å². The molecule has 0 aromatic heterocycles. The van der Waals surface area contributed by atoms with Gasteiger partial charge in [-0.25, -0.2) is 4.79 Å². The van der Waals surface area contributed by atoms with Gasteiger partial charge in [0, 0.05) is 26.1 Å². The second-order valence-corrected chi connectivity index (χ2v) is 6.64. The minimum absolute atomic E-state index is 0.00338. The molecule has 1 heterocycles. The third-order valence-electron chi connectivity index (χ3n) is 4.77. The third-order valence-corrected chi connectivity index (χ3v) is 4.77. The van der Waals surface area contributed by atoms with E-state index in [0.717, 1.165) is 12.0 Å². The SMILES string of the molecule is CCN(Cc1ccccc1)C(=O)COC(=O)c1ccccc1N1CCCC1=O. The van der Waals surface area contributed by atoms with Crippen molar-refractivity contribution in [3.63, 3.8) is 0 Å². The number of amides is 2. The summed E-state index contributed by atoms with van der Waals surface area (Å²) in [5.74, 6) is -0.856. The van der Waals surface area contributed by atoms with Crippen LogP contribution in [-0.4, -0.2) is 42.4 Å². The van der Waals surface area contributed by atoms with Gasteiger partial charge in [-0.15, -0.1) is 0 Å². The van der Waals surface area contributed by atoms with E-state index in [0.29, 0.717) is 37.3 Å². The average molecular weight is 380 g/mol. The first kappa shape index (κ1) is 19.6. The van der Waals surface area contributed by atoms with Crippen LogP contribution in [0, 0.1) is 0 Å². The summed E-state index contributed by atoms with van der Waals surface area (Å²) in [6, 6.07) is 16.5. The van der Waals surface area contributed by atoms with Crippen molar-refractivity contribution < 1.29 is 19.1 Å². The summed E-state index contributed by atoms with van der Waals surface area (Å²) in [6.07, 6.45) is 1.25. The number of esters is 1. The number of benzene rings is 2. The van der Waals surface area contributed by atoms with Gasteiger partial charge in [0.2, 0.25) is 5.91 Å². The van der Waals surface area contributed by atoms with Gasteiger partial charge >= 0.3 is 5.97 Å². The standard InChI is InChI=1S/C22H24N2O4/c1-2-23(15-17-9-4-3-5-10-17)21(26)16-28-22(27)18-11-6-7-12-19(18)24-14-8-13-20(24)25/h3-7,9-12H,2,8,13-16H2,1H3. The molecule has 6 heteroatoms. The molecule has 2 aromatic rings. The van der Waals surface area contributed by atoms with Crippen molar-refractivity contribution in [1.82, 2.24) is 4.90 Å². The summed E-state index contributed by atoms with van der Waals surface area (Å²) >= 11 is 0. The molecular formula is C22H24N2O4. The second kappa shape index (κ2) is 9.17. The molecule has 146 valence electrons. The first-order valence-electron chi connectivity index (χ1n) is 9.48. The van der Waals surface area contributed by atoms with Crippen LogP contribution in [-0.2, 0) is 20.9 Å². The quantitative estimate of drug-likeness (QED) is 0.693. The number of hydrogen-bond donors (Lipinski definition) is 0. The Labute approximate surface area is 164 Å². The average Bonchev–Trinajstić information content (AvgIpc) is 3.16. The highest BCUT2D eigenvalue weighted by Gasteiger charge is 2.26. The van der Waals surface area contributed by atoms with Crippen LogP contribution in [0.2, 0.25) is 0 Å². The highest BCUT2D eigenvalue weighted by Crippen LogP contribution is 2.26. The molecular weight excluding hydrogens is 356 g/mol. The molecule has 0 aliphatic carbocycles. The molecule has 0 spiro atoms. The highest BCUT2D eigenvalue weighted by molar-refractivity contribution is 6.03. The van der Waals surface area contributed by atoms with E-state index in [1.54, 1.807) is 34.1 Å². The second-order valence-electron chi connectivity index (χ2n) is 6.64. The maximum Gasteiger partial charge on any atom is 0.340 e. The number of carbonyl (C=O) groups is 3. The molecule has 0 atom stereocenters. The predicted molar refractivity (Wildman–Crippen MR) is 106 cm³/mol. The predicted octanol–water partition coefficient (Wildman–Crippen LogP) is 3.02. The topological polar surface area (TPSA) is 66.9 Å². The summed E-state index contributed by atoms with van der Waals surface area (Å²) in [5, 5.41) is 0. The number of nitrogens with zero attached hydrogens (tertiary/aromatic N) is 2. The monoisotopic (exact) mass is 380 g/mol. The Kier molecular flexibility index (Phi) is 6.42. The molecule has 0 bridgehead atoms. The fraction of sp³-hybridized carbons (Fsp3) is 0.318. The van der Waals surface area contributed by atoms with E-state index in [1.807, 2.05) is 37.3 Å². The lowest BCUT2D eigenvalue weighted by molar-refractivity contribution is -0.135. The van der Waals surface area contributed by atoms with E-state index in [2.05, 4.69) is 0 Å². The molecule has 1 aliphatic heterocycles. The molecule has 1 fully saturated rings. The molecule has 0 radical (unpaired) electrons. The number of anilines is 1. The van der Waals surface area contributed by atoms with Crippen LogP contribution in [0.1, 0.15) is 35.7 Å². The number of rotatable bonds is 7. The summed E-state index contributed by atoms with van der Waals surface area (Å²) in [7, 11) is 0. The fourth-order valence-corrected chi connectivity index (χ4v) is 3.26. The zero-order valence-electron chi connectivity index (χ0n) is 16.0. The maximum atomic E-state index is 12.6. The van der Waals surface area contributed by atoms with Gasteiger partial charge in [-0.05, 0) is 31.0 Å². The van der Waals surface area contributed by atoms with Gasteiger partial charge in [0.25, 0.3) is 5.91 Å². The molecule has 2 amide bonds. The molecule has 3 rings (SSSR count). The zero-order chi connectivity index (χ0) is 19.9. The van der Waals surface area contributed by atoms with Gasteiger partial charge in [0.15, 0.2) is 6.61 Å². The van der Waals surface area contributed by atoms with Crippen molar-refractivity contribution in [3.05, 3.63) is 65.7 Å². The van der Waals surface area contributed by atoms with E-state index < -0.39 is 5.97 Å². The van der Waals surface area contributed by atoms with Gasteiger partial charge in [-0.1, -0.05) is 42.5 Å². The van der Waals surface area contributed by atoms with Gasteiger partial charge in [0.1, 0.15) is 0 Å². The Morgan fingerprint density at radius 1 is 1.07 bits per heavy atom. The Bertz CT molecular complexity index is 851. The van der Waals surface area contributed by atoms with Crippen LogP contribution < -0.4 is 4.90 Å². The fourth-order valence-electron chi connectivity index (χ4n) is 3.26. The zero-order valence-corrected chi connectivity index (χ0v) is 16.0. The molecule has 0 N–H and O–H groups in total. The van der Waals surface area contributed by atoms with Gasteiger partial charge in [0.05, 0.1) is 11.3 Å². The molecule has 0 saturated carbocycles. The van der Waals surface area contributed by atoms with Crippen molar-refractivity contribution in [1.29, 1.82) is 0 Å². The number of para-hydroxylation sites is 1. The number of ether oxygens (including phenoxy) is 1. The van der Waals surface area contributed by atoms with Crippen molar-refractivity contribution in [3.8, 4) is 0 Å². The lowest BCUT2D eigenvalue weighted by Crippen LogP contribution is -2.34. The Morgan fingerprint density at radius 3 is 2.46 bits per heavy atom. The summed E-state index contributed by atoms with van der Waals surface area (Å²) in [5.41, 5.74) is 1.86. The van der Waals surface area contributed by atoms with Crippen molar-refractivity contribution in [2.45, 2.75) is 26.3 Å². The van der Waals surface area contributed by atoms with Crippen LogP contribution in [0.25, 0.3) is 0 Å². The molecule has 2 aromatic carbocycles. The Morgan fingerprint density at radius 2 is 1.79 bits per heavy atom. The summed E-state index contributed by atoms with van der Waals surface area (Å²) in [6.45, 7) is 3.12. The van der Waals surface area contributed by atoms with Gasteiger partial charge in [-0.3, -0.25) is 9.59 Å². The normalized spacial score (nSPS) is 13.5. The third kappa shape index (κ3) is 4.57. The van der Waals surface area contributed by atoms with Crippen LogP contribution in [0.4, 0.5) is 5.69 Å². The summed E-state index contributed by atoms with van der Waals surface area (Å²) < 4.78 is 5.28. The van der Waals surface area contributed by atoms with E-state index >= 15 is 0 Å². The van der Waals surface area contributed by atoms with Crippen molar-refractivity contribution in [2.75, 3.05) is 24.6 Å². The Balaban J connectivity index is 1.63. The van der Waals surface area contributed by atoms with Gasteiger partial charge in [-0.2, -0.15) is 0 Å². The van der Waals surface area contributed by atoms with E-state index in [4.69, 9.17) is 4.74 Å². The minimum atomic E-state index is -0.598. The first-order valence-corrected chi connectivity index (χ1v) is 9.48. The molecule has 6 nitrogen and oxygen atoms in total. The molecule has 28 heavy (non-hydrogen) atoms. The maximum absolute atomic E-state index is 12.6. The molecule has 0 unspecified atom stereocenters. The lowest BCUT2D eigenvalue weighted by atomic mass is 10.1. The smallest absolute Gasteiger partial charge is 0.340 e. The van der Waals surface area contributed by atoms with Crippen LogP contribution in [0.15, 0.2) is 54.6 Å². The highest BCUT2D eigenvalue weighted by atomic mass is 16.5. The molecule has 1 aliphatic rings. The van der Waals surface area contributed by atoms with E-state index in [9.17, 15) is 14.4 Å². The lowest BCUT2D eigenvalue weighted by Gasteiger charge is -2.22. The number of likely N-dealkylation sites (N-methyl/N-ethyl adjacent to an activating group) is 1. The van der Waals surface area contributed by atoms with Crippen molar-refractivity contribution >= 4 is 23.5 Å². The van der Waals surface area contributed by atoms with Crippen LogP contribution in [0.3, 0.4) is 0 Å². The van der Waals surface area contributed by atoms with E-state index in [-0.39, 0.29) is 18.4 Å². The summed E-state index contributed by atoms with van der Waals surface area (Å²) in [4.78, 5) is 40.3. The van der Waals surface area contributed by atoms with Crippen LogP contribution in [0.5, 0.6) is 0 Å². The van der Waals surface area contributed by atoms with E-state index in [1.165, 1.54) is 0 Å². The number of hydrogen-bond acceptors (Lipinski definition) is 4. The van der Waals surface area contributed by atoms with Crippen LogP contribution >= 0.6 is 0 Å². The van der Waals surface area contributed by atoms with Gasteiger partial charge < -0.3 is 14.5 Å². The minimum Gasteiger partial charge on any atom is -0.452 e.